The van der Waals surface area contributed by atoms with Gasteiger partial charge >= 0.3 is 6.18 Å². The summed E-state index contributed by atoms with van der Waals surface area (Å²) in [6, 6.07) is 17.7. The standard InChI is InChI=1S/C36H38ClF3N4O4/c37-29-13-7-9-25(19-29)20-30-33(47)44(17-14-24-8-6-12-28(18-24)36(38,39)40)23-32(46)41-22-27-11-3-2-10-26(27)21-31(45)43-35(34(48)42-30)15-4-1-5-16-35/h2-3,6-13,18-19,30H,1,4-5,14-17,20-23H2,(H,41,46)(H,42,48)(H,43,45)/t30-/m0/s1. The second kappa shape index (κ2) is 15.2. The van der Waals surface area contributed by atoms with Gasteiger partial charge in [-0.2, -0.15) is 13.2 Å². The number of amides is 4. The fraction of sp³-hybridized carbons (Fsp3) is 0.389. The van der Waals surface area contributed by atoms with E-state index in [0.717, 1.165) is 18.6 Å². The zero-order valence-electron chi connectivity index (χ0n) is 26.4. The lowest BCUT2D eigenvalue weighted by atomic mass is 9.80. The van der Waals surface area contributed by atoms with E-state index in [-0.39, 0.29) is 38.3 Å². The van der Waals surface area contributed by atoms with Crippen molar-refractivity contribution in [1.29, 1.82) is 0 Å². The number of nitrogens with zero attached hydrogens (tertiary/aromatic N) is 1. The van der Waals surface area contributed by atoms with Gasteiger partial charge in [0.05, 0.1) is 18.5 Å². The first-order valence-corrected chi connectivity index (χ1v) is 16.4. The molecule has 3 aromatic rings. The Morgan fingerprint density at radius 3 is 2.27 bits per heavy atom. The molecule has 5 rings (SSSR count). The lowest BCUT2D eigenvalue weighted by Gasteiger charge is -2.38. The minimum absolute atomic E-state index is 0.00490. The summed E-state index contributed by atoms with van der Waals surface area (Å²) in [5.74, 6) is -1.93. The van der Waals surface area contributed by atoms with Gasteiger partial charge in [0.25, 0.3) is 0 Å². The van der Waals surface area contributed by atoms with Gasteiger partial charge in [0.15, 0.2) is 0 Å². The number of rotatable bonds is 5. The van der Waals surface area contributed by atoms with E-state index >= 15 is 0 Å². The number of hydrogen-bond acceptors (Lipinski definition) is 4. The summed E-state index contributed by atoms with van der Waals surface area (Å²) in [6.45, 7) is -0.398. The number of benzene rings is 3. The van der Waals surface area contributed by atoms with Crippen LogP contribution in [0.15, 0.2) is 72.8 Å². The SMILES string of the molecule is O=C1CN(CCc2cccc(C(F)(F)F)c2)C(=O)[C@H](Cc2cccc(Cl)c2)NC(=O)C2(CCCCC2)NC(=O)Cc2ccccc2CN1. The molecule has 3 N–H and O–H groups in total. The van der Waals surface area contributed by atoms with Crippen molar-refractivity contribution in [1.82, 2.24) is 20.9 Å². The Balaban J connectivity index is 1.51. The largest absolute Gasteiger partial charge is 0.416 e. The van der Waals surface area contributed by atoms with Crippen molar-refractivity contribution < 1.29 is 32.3 Å². The van der Waals surface area contributed by atoms with Crippen LogP contribution < -0.4 is 16.0 Å². The highest BCUT2D eigenvalue weighted by molar-refractivity contribution is 6.30. The number of carbonyl (C=O) groups excluding carboxylic acids is 4. The smallest absolute Gasteiger partial charge is 0.350 e. The molecule has 3 aromatic carbocycles. The third-order valence-corrected chi connectivity index (χ3v) is 9.20. The molecule has 0 bridgehead atoms. The molecule has 1 heterocycles. The van der Waals surface area contributed by atoms with Crippen molar-refractivity contribution in [2.75, 3.05) is 13.1 Å². The van der Waals surface area contributed by atoms with Crippen LogP contribution in [0.25, 0.3) is 0 Å². The van der Waals surface area contributed by atoms with Crippen LogP contribution in [0.3, 0.4) is 0 Å². The van der Waals surface area contributed by atoms with Crippen LogP contribution in [-0.2, 0) is 51.2 Å². The average Bonchev–Trinajstić information content (AvgIpc) is 3.05. The number of carbonyl (C=O) groups is 4. The van der Waals surface area contributed by atoms with E-state index in [0.29, 0.717) is 53.0 Å². The summed E-state index contributed by atoms with van der Waals surface area (Å²) >= 11 is 6.24. The normalized spacial score (nSPS) is 19.4. The first-order valence-electron chi connectivity index (χ1n) is 16.1. The van der Waals surface area contributed by atoms with Gasteiger partial charge in [0.2, 0.25) is 23.6 Å². The Morgan fingerprint density at radius 1 is 0.833 bits per heavy atom. The Labute approximate surface area is 282 Å². The maximum absolute atomic E-state index is 14.4. The van der Waals surface area contributed by atoms with Crippen LogP contribution in [0.2, 0.25) is 5.02 Å². The first-order chi connectivity index (χ1) is 22.9. The molecule has 1 aliphatic carbocycles. The van der Waals surface area contributed by atoms with Gasteiger partial charge < -0.3 is 20.9 Å². The summed E-state index contributed by atoms with van der Waals surface area (Å²) in [7, 11) is 0. The predicted octanol–water partition coefficient (Wildman–Crippen LogP) is 5.15. The van der Waals surface area contributed by atoms with Gasteiger partial charge in [-0.05, 0) is 59.7 Å². The zero-order chi connectivity index (χ0) is 34.3. The lowest BCUT2D eigenvalue weighted by molar-refractivity contribution is -0.142. The summed E-state index contributed by atoms with van der Waals surface area (Å²) < 4.78 is 40.3. The van der Waals surface area contributed by atoms with Gasteiger partial charge in [-0.25, -0.2) is 0 Å². The molecule has 0 unspecified atom stereocenters. The van der Waals surface area contributed by atoms with Crippen molar-refractivity contribution in [3.05, 3.63) is 106 Å². The molecular formula is C36H38ClF3N4O4. The lowest BCUT2D eigenvalue weighted by Crippen LogP contribution is -2.63. The molecule has 1 spiro atoms. The quantitative estimate of drug-likeness (QED) is 0.346. The summed E-state index contributed by atoms with van der Waals surface area (Å²) in [4.78, 5) is 56.6. The Bertz CT molecular complexity index is 1660. The monoisotopic (exact) mass is 682 g/mol. The molecule has 8 nitrogen and oxygen atoms in total. The van der Waals surface area contributed by atoms with Crippen LogP contribution in [0.5, 0.6) is 0 Å². The first kappa shape index (κ1) is 34.9. The van der Waals surface area contributed by atoms with Crippen molar-refractivity contribution in [2.45, 2.75) is 75.7 Å². The van der Waals surface area contributed by atoms with Gasteiger partial charge in [0.1, 0.15) is 11.6 Å². The third-order valence-electron chi connectivity index (χ3n) is 8.97. The Kier molecular flexibility index (Phi) is 11.1. The molecule has 12 heteroatoms. The summed E-state index contributed by atoms with van der Waals surface area (Å²) in [6.07, 6.45) is -1.39. The second-order valence-electron chi connectivity index (χ2n) is 12.5. The molecule has 0 aromatic heterocycles. The second-order valence-corrected chi connectivity index (χ2v) is 12.9. The van der Waals surface area contributed by atoms with Crippen LogP contribution in [0.1, 0.15) is 59.9 Å². The van der Waals surface area contributed by atoms with Crippen LogP contribution in [0.4, 0.5) is 13.2 Å². The molecule has 1 fully saturated rings. The molecule has 48 heavy (non-hydrogen) atoms. The highest BCUT2D eigenvalue weighted by atomic mass is 35.5. The molecule has 0 radical (unpaired) electrons. The Hall–Kier alpha value is -4.38. The maximum Gasteiger partial charge on any atom is 0.416 e. The fourth-order valence-electron chi connectivity index (χ4n) is 6.42. The number of fused-ring (bicyclic) bond motifs is 1. The molecule has 2 aliphatic rings. The summed E-state index contributed by atoms with van der Waals surface area (Å²) in [5, 5.41) is 9.17. The van der Waals surface area contributed by atoms with E-state index in [9.17, 15) is 32.3 Å². The van der Waals surface area contributed by atoms with E-state index in [2.05, 4.69) is 16.0 Å². The zero-order valence-corrected chi connectivity index (χ0v) is 27.1. The van der Waals surface area contributed by atoms with Gasteiger partial charge in [0, 0.05) is 24.5 Å². The molecule has 254 valence electrons. The minimum atomic E-state index is -4.54. The molecule has 1 aliphatic heterocycles. The summed E-state index contributed by atoms with van der Waals surface area (Å²) in [5.41, 5.74) is 0.326. The van der Waals surface area contributed by atoms with E-state index in [1.807, 2.05) is 0 Å². The number of alkyl halides is 3. The van der Waals surface area contributed by atoms with E-state index in [1.165, 1.54) is 17.0 Å². The maximum atomic E-state index is 14.4. The number of hydrogen-bond donors (Lipinski definition) is 3. The van der Waals surface area contributed by atoms with Crippen LogP contribution >= 0.6 is 11.6 Å². The Morgan fingerprint density at radius 2 is 1.54 bits per heavy atom. The van der Waals surface area contributed by atoms with Crippen molar-refractivity contribution in [2.24, 2.45) is 0 Å². The molecule has 1 saturated carbocycles. The predicted molar refractivity (Wildman–Crippen MR) is 175 cm³/mol. The van der Waals surface area contributed by atoms with Gasteiger partial charge in [-0.15, -0.1) is 0 Å². The van der Waals surface area contributed by atoms with Crippen LogP contribution in [-0.4, -0.2) is 53.2 Å². The highest BCUT2D eigenvalue weighted by Crippen LogP contribution is 2.31. The van der Waals surface area contributed by atoms with Crippen molar-refractivity contribution in [3.63, 3.8) is 0 Å². The fourth-order valence-corrected chi connectivity index (χ4v) is 6.64. The van der Waals surface area contributed by atoms with Crippen molar-refractivity contribution in [3.8, 4) is 0 Å². The highest BCUT2D eigenvalue weighted by Gasteiger charge is 2.43. The van der Waals surface area contributed by atoms with E-state index in [4.69, 9.17) is 11.6 Å². The van der Waals surface area contributed by atoms with E-state index < -0.39 is 47.6 Å². The van der Waals surface area contributed by atoms with E-state index in [1.54, 1.807) is 48.5 Å². The van der Waals surface area contributed by atoms with Crippen molar-refractivity contribution >= 4 is 35.2 Å². The molecular weight excluding hydrogens is 645 g/mol. The van der Waals surface area contributed by atoms with Crippen LogP contribution in [0, 0.1) is 0 Å². The minimum Gasteiger partial charge on any atom is -0.350 e. The topological polar surface area (TPSA) is 108 Å². The molecule has 4 amide bonds. The molecule has 1 atom stereocenters. The number of halogens is 4. The number of nitrogens with one attached hydrogen (secondary N) is 3. The third kappa shape index (κ3) is 8.94. The molecule has 0 saturated heterocycles. The van der Waals surface area contributed by atoms with Gasteiger partial charge in [-0.3, -0.25) is 19.2 Å². The van der Waals surface area contributed by atoms with Gasteiger partial charge in [-0.1, -0.05) is 85.5 Å². The average molecular weight is 683 g/mol.